The van der Waals surface area contributed by atoms with Crippen LogP contribution in [0.15, 0.2) is 30.3 Å². The normalized spacial score (nSPS) is 13.6. The monoisotopic (exact) mass is 370 g/mol. The zero-order valence-corrected chi connectivity index (χ0v) is 14.1. The summed E-state index contributed by atoms with van der Waals surface area (Å²) < 4.78 is 27.5. The van der Waals surface area contributed by atoms with E-state index in [-0.39, 0.29) is 18.1 Å². The Morgan fingerprint density at radius 3 is 2.62 bits per heavy atom. The van der Waals surface area contributed by atoms with Crippen LogP contribution < -0.4 is 10.2 Å². The number of benzene rings is 2. The second-order valence-corrected chi connectivity index (χ2v) is 6.38. The van der Waals surface area contributed by atoms with Crippen molar-refractivity contribution < 1.29 is 13.6 Å². The minimum atomic E-state index is -0.659. The highest BCUT2D eigenvalue weighted by Gasteiger charge is 2.24. The minimum Gasteiger partial charge on any atom is -0.360 e. The molecule has 126 valence electrons. The van der Waals surface area contributed by atoms with E-state index < -0.39 is 11.6 Å². The summed E-state index contributed by atoms with van der Waals surface area (Å²) in [6, 6.07) is 7.04. The van der Waals surface area contributed by atoms with E-state index in [1.807, 2.05) is 0 Å². The summed E-state index contributed by atoms with van der Waals surface area (Å²) in [5.74, 6) is -1.64. The summed E-state index contributed by atoms with van der Waals surface area (Å²) >= 11 is 12.1. The lowest BCUT2D eigenvalue weighted by Gasteiger charge is -2.31. The van der Waals surface area contributed by atoms with Crippen LogP contribution in [0.5, 0.6) is 0 Å². The van der Waals surface area contributed by atoms with Gasteiger partial charge in [0.2, 0.25) is 5.91 Å². The van der Waals surface area contributed by atoms with Gasteiger partial charge in [-0.1, -0.05) is 29.3 Å². The van der Waals surface area contributed by atoms with E-state index in [9.17, 15) is 13.6 Å². The Bertz CT molecular complexity index is 778. The fraction of sp³-hybridized carbons (Fsp3) is 0.235. The maximum atomic E-state index is 14.1. The number of carbonyl (C=O) groups excluding carboxylic acids is 1. The van der Waals surface area contributed by atoms with Gasteiger partial charge in [-0.3, -0.25) is 4.79 Å². The van der Waals surface area contributed by atoms with Crippen molar-refractivity contribution in [3.05, 3.63) is 57.6 Å². The van der Waals surface area contributed by atoms with E-state index in [1.54, 1.807) is 23.1 Å². The van der Waals surface area contributed by atoms with Crippen molar-refractivity contribution in [2.24, 2.45) is 0 Å². The molecule has 0 unspecified atom stereocenters. The molecule has 1 heterocycles. The minimum absolute atomic E-state index is 0.0723. The Kier molecular flexibility index (Phi) is 4.92. The molecule has 1 amide bonds. The van der Waals surface area contributed by atoms with Gasteiger partial charge < -0.3 is 10.2 Å². The molecule has 0 saturated heterocycles. The van der Waals surface area contributed by atoms with Crippen molar-refractivity contribution in [1.29, 1.82) is 0 Å². The second-order valence-electron chi connectivity index (χ2n) is 5.57. The number of para-hydroxylation sites is 1. The summed E-state index contributed by atoms with van der Waals surface area (Å²) in [6.07, 6.45) is 1.30. The van der Waals surface area contributed by atoms with Crippen LogP contribution in [-0.2, 0) is 11.2 Å². The first-order chi connectivity index (χ1) is 11.5. The van der Waals surface area contributed by atoms with Crippen LogP contribution >= 0.6 is 23.2 Å². The molecule has 0 radical (unpaired) electrons. The highest BCUT2D eigenvalue weighted by Crippen LogP contribution is 2.32. The summed E-state index contributed by atoms with van der Waals surface area (Å²) in [5.41, 5.74) is 1.17. The summed E-state index contributed by atoms with van der Waals surface area (Å²) in [4.78, 5) is 13.9. The van der Waals surface area contributed by atoms with E-state index in [0.717, 1.165) is 12.5 Å². The summed E-state index contributed by atoms with van der Waals surface area (Å²) in [6.45, 7) is 0.441. The third kappa shape index (κ3) is 3.47. The molecule has 7 heteroatoms. The smallest absolute Gasteiger partial charge is 0.243 e. The zero-order chi connectivity index (χ0) is 17.3. The Hall–Kier alpha value is -1.85. The third-order valence-corrected chi connectivity index (χ3v) is 4.49. The molecule has 24 heavy (non-hydrogen) atoms. The van der Waals surface area contributed by atoms with Crippen molar-refractivity contribution in [2.45, 2.75) is 12.8 Å². The molecule has 1 aliphatic rings. The number of rotatable bonds is 3. The van der Waals surface area contributed by atoms with Crippen LogP contribution in [-0.4, -0.2) is 19.0 Å². The molecule has 2 aromatic carbocycles. The maximum Gasteiger partial charge on any atom is 0.243 e. The second kappa shape index (κ2) is 6.95. The van der Waals surface area contributed by atoms with Crippen molar-refractivity contribution in [3.63, 3.8) is 0 Å². The largest absolute Gasteiger partial charge is 0.360 e. The predicted octanol–water partition coefficient (Wildman–Crippen LogP) is 4.66. The molecule has 2 aromatic rings. The summed E-state index contributed by atoms with van der Waals surface area (Å²) in [5, 5.41) is 3.29. The SMILES string of the molecule is O=C(CN1CCCc2cc(F)cc(F)c21)Nc1c(Cl)cccc1Cl. The van der Waals surface area contributed by atoms with Crippen molar-refractivity contribution in [3.8, 4) is 0 Å². The van der Waals surface area contributed by atoms with E-state index in [4.69, 9.17) is 23.2 Å². The molecule has 0 aromatic heterocycles. The first-order valence-corrected chi connectivity index (χ1v) is 8.18. The van der Waals surface area contributed by atoms with Crippen LogP contribution in [0.2, 0.25) is 10.0 Å². The Morgan fingerprint density at radius 1 is 1.21 bits per heavy atom. The molecule has 0 saturated carbocycles. The first kappa shape index (κ1) is 17.0. The van der Waals surface area contributed by atoms with Crippen molar-refractivity contribution >= 4 is 40.5 Å². The van der Waals surface area contributed by atoms with Crippen LogP contribution in [0.4, 0.5) is 20.2 Å². The van der Waals surface area contributed by atoms with Crippen molar-refractivity contribution in [1.82, 2.24) is 0 Å². The first-order valence-electron chi connectivity index (χ1n) is 7.42. The Balaban J connectivity index is 1.79. The average Bonchev–Trinajstić information content (AvgIpc) is 2.50. The standard InChI is InChI=1S/C17H14Cl2F2N2O/c18-12-4-1-5-13(19)16(12)22-15(24)9-23-6-2-3-10-7-11(20)8-14(21)17(10)23/h1,4-5,7-8H,2-3,6,9H2,(H,22,24). The molecule has 1 aliphatic heterocycles. The van der Waals surface area contributed by atoms with E-state index in [0.29, 0.717) is 34.3 Å². The van der Waals surface area contributed by atoms with Gasteiger partial charge in [0.15, 0.2) is 0 Å². The Labute approximate surface area is 148 Å². The molecule has 0 bridgehead atoms. The summed E-state index contributed by atoms with van der Waals surface area (Å²) in [7, 11) is 0. The molecule has 3 nitrogen and oxygen atoms in total. The van der Waals surface area contributed by atoms with Crippen LogP contribution in [0.25, 0.3) is 0 Å². The molecule has 3 rings (SSSR count). The van der Waals surface area contributed by atoms with Gasteiger partial charge in [0.25, 0.3) is 0 Å². The van der Waals surface area contributed by atoms with Crippen LogP contribution in [0.1, 0.15) is 12.0 Å². The fourth-order valence-electron chi connectivity index (χ4n) is 2.86. The van der Waals surface area contributed by atoms with Gasteiger partial charge in [-0.25, -0.2) is 8.78 Å². The highest BCUT2D eigenvalue weighted by atomic mass is 35.5. The number of nitrogens with zero attached hydrogens (tertiary/aromatic N) is 1. The van der Waals surface area contributed by atoms with Crippen molar-refractivity contribution in [2.75, 3.05) is 23.3 Å². The number of carbonyl (C=O) groups is 1. The Morgan fingerprint density at radius 2 is 1.92 bits per heavy atom. The lowest BCUT2D eigenvalue weighted by Crippen LogP contribution is -2.37. The topological polar surface area (TPSA) is 32.3 Å². The molecular formula is C17H14Cl2F2N2O. The number of anilines is 2. The van der Waals surface area contributed by atoms with Gasteiger partial charge in [-0.2, -0.15) is 0 Å². The van der Waals surface area contributed by atoms with Gasteiger partial charge in [0, 0.05) is 12.6 Å². The quantitative estimate of drug-likeness (QED) is 0.851. The number of hydrogen-bond donors (Lipinski definition) is 1. The van der Waals surface area contributed by atoms with Gasteiger partial charge in [-0.15, -0.1) is 0 Å². The highest BCUT2D eigenvalue weighted by molar-refractivity contribution is 6.39. The fourth-order valence-corrected chi connectivity index (χ4v) is 3.36. The predicted molar refractivity (Wildman–Crippen MR) is 92.0 cm³/mol. The number of halogens is 4. The lowest BCUT2D eigenvalue weighted by atomic mass is 10.0. The number of nitrogens with one attached hydrogen (secondary N) is 1. The molecular weight excluding hydrogens is 357 g/mol. The van der Waals surface area contributed by atoms with E-state index >= 15 is 0 Å². The van der Waals surface area contributed by atoms with E-state index in [1.165, 1.54) is 6.07 Å². The van der Waals surface area contributed by atoms with E-state index in [2.05, 4.69) is 5.32 Å². The number of aryl methyl sites for hydroxylation is 1. The van der Waals surface area contributed by atoms with Gasteiger partial charge >= 0.3 is 0 Å². The lowest BCUT2D eigenvalue weighted by molar-refractivity contribution is -0.115. The third-order valence-electron chi connectivity index (χ3n) is 3.86. The molecule has 0 spiro atoms. The number of hydrogen-bond acceptors (Lipinski definition) is 2. The van der Waals surface area contributed by atoms with Crippen LogP contribution in [0, 0.1) is 11.6 Å². The van der Waals surface area contributed by atoms with Gasteiger partial charge in [0.1, 0.15) is 11.6 Å². The molecule has 1 N–H and O–H groups in total. The average molecular weight is 371 g/mol. The number of amides is 1. The molecule has 0 aliphatic carbocycles. The molecule has 0 fully saturated rings. The van der Waals surface area contributed by atoms with Crippen LogP contribution in [0.3, 0.4) is 0 Å². The number of fused-ring (bicyclic) bond motifs is 1. The van der Waals surface area contributed by atoms with Gasteiger partial charge in [0.05, 0.1) is 28.0 Å². The molecule has 0 atom stereocenters. The zero-order valence-electron chi connectivity index (χ0n) is 12.6. The maximum absolute atomic E-state index is 14.1. The van der Waals surface area contributed by atoms with Gasteiger partial charge in [-0.05, 0) is 36.6 Å².